The molecule has 0 rings (SSSR count). The van der Waals surface area contributed by atoms with Gasteiger partial charge >= 0.3 is 17.9 Å². The number of unbranched alkanes of at least 4 members (excludes halogenated alkanes) is 17. The van der Waals surface area contributed by atoms with Crippen molar-refractivity contribution in [2.75, 3.05) is 13.2 Å². The topological polar surface area (TPSA) is 78.9 Å². The summed E-state index contributed by atoms with van der Waals surface area (Å²) in [4.78, 5) is 37.9. The van der Waals surface area contributed by atoms with E-state index in [0.29, 0.717) is 19.3 Å². The first-order chi connectivity index (χ1) is 30.5. The van der Waals surface area contributed by atoms with Crippen LogP contribution in [-0.2, 0) is 28.6 Å². The maximum atomic E-state index is 12.8. The minimum Gasteiger partial charge on any atom is -0.462 e. The molecular weight excluding hydrogens is 769 g/mol. The monoisotopic (exact) mass is 861 g/mol. The van der Waals surface area contributed by atoms with Gasteiger partial charge < -0.3 is 14.2 Å². The van der Waals surface area contributed by atoms with E-state index in [2.05, 4.69) is 106 Å². The molecule has 0 heterocycles. The van der Waals surface area contributed by atoms with Gasteiger partial charge in [0.1, 0.15) is 13.2 Å². The van der Waals surface area contributed by atoms with Crippen LogP contribution in [0.25, 0.3) is 0 Å². The Morgan fingerprint density at radius 1 is 0.339 bits per heavy atom. The van der Waals surface area contributed by atoms with Gasteiger partial charge in [-0.1, -0.05) is 214 Å². The Morgan fingerprint density at radius 3 is 1.08 bits per heavy atom. The fourth-order valence-corrected chi connectivity index (χ4v) is 6.62. The summed E-state index contributed by atoms with van der Waals surface area (Å²) in [6.07, 6.45) is 65.5. The van der Waals surface area contributed by atoms with Crippen molar-refractivity contribution in [2.45, 2.75) is 226 Å². The summed E-state index contributed by atoms with van der Waals surface area (Å²) in [6, 6.07) is 0. The standard InChI is InChI=1S/C56H92O6/c1-4-7-10-13-16-19-22-25-27-29-31-34-37-40-43-46-49-55(58)61-52-53(51-60-54(57)48-45-42-39-36-33-30-24-21-18-15-12-9-6-3)62-56(59)50-47-44-41-38-35-32-28-26-23-20-17-14-11-8-5-2/h8-9,11-12,17-18,20-21,26,28,30,33,35,38-39,42,53H,4-7,10,13-16,19,22-25,27,29,31-32,34,36-37,40-41,43-52H2,1-3H3/b11-8-,12-9-,20-17-,21-18-,28-26-,33-30-,38-35-,42-39-. The summed E-state index contributed by atoms with van der Waals surface area (Å²) in [7, 11) is 0. The van der Waals surface area contributed by atoms with Crippen molar-refractivity contribution in [1.29, 1.82) is 0 Å². The predicted molar refractivity (Wildman–Crippen MR) is 265 cm³/mol. The second-order valence-electron chi connectivity index (χ2n) is 16.3. The van der Waals surface area contributed by atoms with Crippen molar-refractivity contribution < 1.29 is 28.6 Å². The zero-order chi connectivity index (χ0) is 45.1. The van der Waals surface area contributed by atoms with Crippen LogP contribution in [0.2, 0.25) is 0 Å². The molecule has 1 atom stereocenters. The molecule has 0 saturated carbocycles. The second kappa shape index (κ2) is 50.0. The lowest BCUT2D eigenvalue weighted by atomic mass is 10.0. The molecule has 0 fully saturated rings. The third-order valence-electron chi connectivity index (χ3n) is 10.3. The van der Waals surface area contributed by atoms with Crippen molar-refractivity contribution >= 4 is 17.9 Å². The van der Waals surface area contributed by atoms with Crippen molar-refractivity contribution in [1.82, 2.24) is 0 Å². The Labute approximate surface area is 381 Å². The average molecular weight is 861 g/mol. The highest BCUT2D eigenvalue weighted by molar-refractivity contribution is 5.71. The third-order valence-corrected chi connectivity index (χ3v) is 10.3. The van der Waals surface area contributed by atoms with Crippen molar-refractivity contribution in [3.05, 3.63) is 97.2 Å². The molecule has 0 radical (unpaired) electrons. The molecule has 0 N–H and O–H groups in total. The Hall–Kier alpha value is -3.67. The molecule has 352 valence electrons. The quantitative estimate of drug-likeness (QED) is 0.0263. The molecule has 0 aromatic carbocycles. The lowest BCUT2D eigenvalue weighted by Gasteiger charge is -2.18. The average Bonchev–Trinajstić information content (AvgIpc) is 3.27. The first kappa shape index (κ1) is 58.3. The Morgan fingerprint density at radius 2 is 0.661 bits per heavy atom. The number of carbonyl (C=O) groups is 3. The molecule has 0 aliphatic heterocycles. The highest BCUT2D eigenvalue weighted by Crippen LogP contribution is 2.15. The maximum absolute atomic E-state index is 12.8. The van der Waals surface area contributed by atoms with Crippen molar-refractivity contribution in [2.24, 2.45) is 0 Å². The summed E-state index contributed by atoms with van der Waals surface area (Å²) in [5, 5.41) is 0. The number of allylic oxidation sites excluding steroid dienone is 16. The Kier molecular flexibility index (Phi) is 47.0. The molecule has 0 saturated heterocycles. The normalized spacial score (nSPS) is 12.9. The highest BCUT2D eigenvalue weighted by atomic mass is 16.6. The van der Waals surface area contributed by atoms with E-state index in [1.54, 1.807) is 0 Å². The number of hydrogen-bond donors (Lipinski definition) is 0. The van der Waals surface area contributed by atoms with Gasteiger partial charge in [-0.3, -0.25) is 14.4 Å². The largest absolute Gasteiger partial charge is 0.462 e. The molecule has 1 unspecified atom stereocenters. The zero-order valence-corrected chi connectivity index (χ0v) is 40.1. The van der Waals surface area contributed by atoms with Crippen LogP contribution in [0.15, 0.2) is 97.2 Å². The van der Waals surface area contributed by atoms with E-state index in [1.807, 2.05) is 12.2 Å². The van der Waals surface area contributed by atoms with E-state index in [0.717, 1.165) is 83.5 Å². The van der Waals surface area contributed by atoms with Gasteiger partial charge in [0.25, 0.3) is 0 Å². The summed E-state index contributed by atoms with van der Waals surface area (Å²) in [6.45, 7) is 6.30. The number of esters is 3. The van der Waals surface area contributed by atoms with E-state index in [1.165, 1.54) is 83.5 Å². The van der Waals surface area contributed by atoms with E-state index in [4.69, 9.17) is 14.2 Å². The highest BCUT2D eigenvalue weighted by Gasteiger charge is 2.19. The summed E-state index contributed by atoms with van der Waals surface area (Å²) >= 11 is 0. The van der Waals surface area contributed by atoms with Gasteiger partial charge in [-0.25, -0.2) is 0 Å². The van der Waals surface area contributed by atoms with Gasteiger partial charge in [0, 0.05) is 19.3 Å². The van der Waals surface area contributed by atoms with Gasteiger partial charge in [0.2, 0.25) is 0 Å². The summed E-state index contributed by atoms with van der Waals surface area (Å²) < 4.78 is 16.7. The summed E-state index contributed by atoms with van der Waals surface area (Å²) in [5.74, 6) is -1.05. The third kappa shape index (κ3) is 47.4. The summed E-state index contributed by atoms with van der Waals surface area (Å²) in [5.41, 5.74) is 0. The first-order valence-electron chi connectivity index (χ1n) is 25.2. The Balaban J connectivity index is 4.52. The molecule has 0 aromatic heterocycles. The molecule has 0 spiro atoms. The van der Waals surface area contributed by atoms with E-state index in [9.17, 15) is 14.4 Å². The van der Waals surface area contributed by atoms with Crippen LogP contribution in [-0.4, -0.2) is 37.2 Å². The second-order valence-corrected chi connectivity index (χ2v) is 16.3. The number of carbonyl (C=O) groups excluding carboxylic acids is 3. The molecule has 0 aromatic rings. The van der Waals surface area contributed by atoms with Crippen molar-refractivity contribution in [3.63, 3.8) is 0 Å². The SMILES string of the molecule is CC/C=C\C/C=C\C/C=C\C/C=C\CCCCC(=O)OC(COC(=O)CC/C=C\C/C=C\C/C=C\C/C=C\CC)COC(=O)CCCCCCCCCCCCCCCCCC. The van der Waals surface area contributed by atoms with Crippen LogP contribution in [0.4, 0.5) is 0 Å². The van der Waals surface area contributed by atoms with Crippen molar-refractivity contribution in [3.8, 4) is 0 Å². The van der Waals surface area contributed by atoms with Gasteiger partial charge in [-0.2, -0.15) is 0 Å². The minimum atomic E-state index is -0.826. The fraction of sp³-hybridized carbons (Fsp3) is 0.661. The fourth-order valence-electron chi connectivity index (χ4n) is 6.62. The predicted octanol–water partition coefficient (Wildman–Crippen LogP) is 16.6. The van der Waals surface area contributed by atoms with E-state index >= 15 is 0 Å². The van der Waals surface area contributed by atoms with Crippen LogP contribution >= 0.6 is 0 Å². The zero-order valence-electron chi connectivity index (χ0n) is 40.1. The van der Waals surface area contributed by atoms with Crippen LogP contribution < -0.4 is 0 Å². The van der Waals surface area contributed by atoms with Gasteiger partial charge in [0.15, 0.2) is 6.10 Å². The van der Waals surface area contributed by atoms with E-state index < -0.39 is 6.10 Å². The number of ether oxygens (including phenoxy) is 3. The Bertz CT molecular complexity index is 1260. The van der Waals surface area contributed by atoms with E-state index in [-0.39, 0.29) is 44.0 Å². The maximum Gasteiger partial charge on any atom is 0.306 e. The minimum absolute atomic E-state index is 0.116. The first-order valence-corrected chi connectivity index (χ1v) is 25.2. The smallest absolute Gasteiger partial charge is 0.306 e. The van der Waals surface area contributed by atoms with Crippen LogP contribution in [0, 0.1) is 0 Å². The molecule has 0 aliphatic rings. The van der Waals surface area contributed by atoms with Gasteiger partial charge in [-0.15, -0.1) is 0 Å². The molecule has 0 aliphatic carbocycles. The molecule has 0 bridgehead atoms. The number of hydrogen-bond acceptors (Lipinski definition) is 6. The van der Waals surface area contributed by atoms with Crippen LogP contribution in [0.1, 0.15) is 220 Å². The van der Waals surface area contributed by atoms with Gasteiger partial charge in [0.05, 0.1) is 0 Å². The van der Waals surface area contributed by atoms with Crippen LogP contribution in [0.5, 0.6) is 0 Å². The molecular formula is C56H92O6. The number of rotatable bonds is 44. The molecule has 62 heavy (non-hydrogen) atoms. The molecule has 0 amide bonds. The lowest BCUT2D eigenvalue weighted by molar-refractivity contribution is -0.166. The lowest BCUT2D eigenvalue weighted by Crippen LogP contribution is -2.30. The van der Waals surface area contributed by atoms with Crippen LogP contribution in [0.3, 0.4) is 0 Å². The van der Waals surface area contributed by atoms with Gasteiger partial charge in [-0.05, 0) is 83.5 Å². The molecule has 6 heteroatoms. The molecule has 6 nitrogen and oxygen atoms in total.